The lowest BCUT2D eigenvalue weighted by Gasteiger charge is -2.09. The zero-order valence-corrected chi connectivity index (χ0v) is 15.5. The molecule has 0 spiro atoms. The first kappa shape index (κ1) is 18.2. The van der Waals surface area contributed by atoms with Gasteiger partial charge in [-0.3, -0.25) is 4.98 Å². The molecule has 0 aliphatic rings. The largest absolute Gasteiger partial charge is 0.507 e. The Morgan fingerprint density at radius 3 is 2.62 bits per heavy atom. The van der Waals surface area contributed by atoms with Gasteiger partial charge in [-0.2, -0.15) is 5.26 Å². The molecule has 0 aliphatic carbocycles. The van der Waals surface area contributed by atoms with Crippen LogP contribution in [0.1, 0.15) is 21.9 Å². The van der Waals surface area contributed by atoms with Crippen LogP contribution in [0.2, 0.25) is 0 Å². The summed E-state index contributed by atoms with van der Waals surface area (Å²) in [5, 5.41) is 20.5. The van der Waals surface area contributed by atoms with Crippen LogP contribution in [0.25, 0.3) is 27.5 Å². The molecule has 0 bridgehead atoms. The van der Waals surface area contributed by atoms with Crippen molar-refractivity contribution in [1.29, 1.82) is 5.26 Å². The van der Waals surface area contributed by atoms with E-state index in [-0.39, 0.29) is 17.2 Å². The number of nitriles is 1. The van der Waals surface area contributed by atoms with Crippen LogP contribution in [0.5, 0.6) is 0 Å². The minimum atomic E-state index is -0.611. The highest BCUT2D eigenvalue weighted by atomic mass is 16.5. The van der Waals surface area contributed by atoms with Crippen LogP contribution in [0.15, 0.2) is 60.4 Å². The molecule has 2 aromatic heterocycles. The fourth-order valence-corrected chi connectivity index (χ4v) is 3.09. The van der Waals surface area contributed by atoms with Crippen LogP contribution in [0.3, 0.4) is 0 Å². The minimum absolute atomic E-state index is 0.0789. The van der Waals surface area contributed by atoms with Crippen molar-refractivity contribution < 1.29 is 14.6 Å². The molecule has 0 aliphatic heterocycles. The van der Waals surface area contributed by atoms with Crippen LogP contribution in [-0.2, 0) is 4.74 Å². The molecule has 2 N–H and O–H groups in total. The first-order valence-corrected chi connectivity index (χ1v) is 8.87. The summed E-state index contributed by atoms with van der Waals surface area (Å²) in [6.07, 6.45) is 0. The number of ether oxygens (including phenoxy) is 1. The number of nitrogens with one attached hydrogen (secondary N) is 1. The van der Waals surface area contributed by atoms with Crippen LogP contribution < -0.4 is 0 Å². The molecular weight excluding hydrogens is 368 g/mol. The van der Waals surface area contributed by atoms with Crippen molar-refractivity contribution in [3.8, 4) is 6.07 Å². The molecule has 29 heavy (non-hydrogen) atoms. The van der Waals surface area contributed by atoms with Crippen molar-refractivity contribution in [2.75, 3.05) is 6.61 Å². The van der Waals surface area contributed by atoms with E-state index in [1.807, 2.05) is 42.5 Å². The van der Waals surface area contributed by atoms with Crippen LogP contribution in [0.4, 0.5) is 0 Å². The first-order chi connectivity index (χ1) is 14.1. The lowest BCUT2D eigenvalue weighted by molar-refractivity contribution is 0.0505. The number of aromatic amines is 1. The zero-order chi connectivity index (χ0) is 20.4. The number of para-hydroxylation sites is 3. The number of pyridine rings is 1. The van der Waals surface area contributed by atoms with E-state index in [2.05, 4.69) is 15.0 Å². The average Bonchev–Trinajstić information content (AvgIpc) is 3.15. The quantitative estimate of drug-likeness (QED) is 0.312. The summed E-state index contributed by atoms with van der Waals surface area (Å²) in [5.41, 5.74) is 3.03. The highest BCUT2D eigenvalue weighted by Crippen LogP contribution is 2.21. The number of hydrogen-bond donors (Lipinski definition) is 2. The molecule has 7 nitrogen and oxygen atoms in total. The number of carbonyl (C=O) groups is 1. The summed E-state index contributed by atoms with van der Waals surface area (Å²) in [6.45, 7) is 1.34. The lowest BCUT2D eigenvalue weighted by atomic mass is 10.1. The number of fused-ring (bicyclic) bond motifs is 2. The van der Waals surface area contributed by atoms with Gasteiger partial charge in [0.2, 0.25) is 0 Å². The molecule has 4 rings (SSSR count). The van der Waals surface area contributed by atoms with E-state index in [1.165, 1.54) is 0 Å². The fourth-order valence-electron chi connectivity index (χ4n) is 3.09. The van der Waals surface area contributed by atoms with Crippen LogP contribution in [0, 0.1) is 18.3 Å². The molecule has 2 aromatic carbocycles. The van der Waals surface area contributed by atoms with Gasteiger partial charge >= 0.3 is 5.97 Å². The number of benzene rings is 2. The Labute approximate surface area is 165 Å². The molecule has 7 heteroatoms. The molecule has 0 unspecified atom stereocenters. The summed E-state index contributed by atoms with van der Waals surface area (Å²) in [6, 6.07) is 18.1. The van der Waals surface area contributed by atoms with Gasteiger partial charge in [0.05, 0.1) is 22.1 Å². The Morgan fingerprint density at radius 1 is 1.14 bits per heavy atom. The third-order valence-corrected chi connectivity index (χ3v) is 4.43. The number of rotatable bonds is 4. The SMILES string of the molecule is Cc1cc(C(=O)OCC(O)=C(C#N)c2nc3ccccc3[nH]2)c2ccccc2n1. The van der Waals surface area contributed by atoms with Crippen molar-refractivity contribution in [3.05, 3.63) is 77.4 Å². The number of imidazole rings is 1. The van der Waals surface area contributed by atoms with E-state index in [1.54, 1.807) is 25.1 Å². The Hall–Kier alpha value is -4.18. The molecule has 0 radical (unpaired) electrons. The number of aryl methyl sites for hydroxylation is 1. The number of hydrogen-bond acceptors (Lipinski definition) is 6. The van der Waals surface area contributed by atoms with E-state index >= 15 is 0 Å². The summed E-state index contributed by atoms with van der Waals surface area (Å²) >= 11 is 0. The minimum Gasteiger partial charge on any atom is -0.507 e. The zero-order valence-electron chi connectivity index (χ0n) is 15.5. The lowest BCUT2D eigenvalue weighted by Crippen LogP contribution is -2.10. The molecule has 0 atom stereocenters. The maximum atomic E-state index is 12.6. The average molecular weight is 384 g/mol. The van der Waals surface area contributed by atoms with E-state index in [0.29, 0.717) is 27.7 Å². The summed E-state index contributed by atoms with van der Waals surface area (Å²) in [5.74, 6) is -0.775. The second-order valence-electron chi connectivity index (χ2n) is 6.44. The van der Waals surface area contributed by atoms with Gasteiger partial charge in [0.1, 0.15) is 18.2 Å². The maximum Gasteiger partial charge on any atom is 0.339 e. The van der Waals surface area contributed by atoms with Crippen molar-refractivity contribution >= 4 is 33.5 Å². The van der Waals surface area contributed by atoms with E-state index in [9.17, 15) is 15.2 Å². The van der Waals surface area contributed by atoms with Gasteiger partial charge < -0.3 is 14.8 Å². The third-order valence-electron chi connectivity index (χ3n) is 4.43. The van der Waals surface area contributed by atoms with E-state index in [0.717, 1.165) is 5.52 Å². The van der Waals surface area contributed by atoms with Gasteiger partial charge in [-0.1, -0.05) is 30.3 Å². The van der Waals surface area contributed by atoms with Crippen molar-refractivity contribution in [2.45, 2.75) is 6.92 Å². The van der Waals surface area contributed by atoms with Gasteiger partial charge in [0.25, 0.3) is 0 Å². The highest BCUT2D eigenvalue weighted by molar-refractivity contribution is 6.03. The van der Waals surface area contributed by atoms with E-state index in [4.69, 9.17) is 4.74 Å². The number of nitrogens with zero attached hydrogens (tertiary/aromatic N) is 3. The number of esters is 1. The number of aromatic nitrogens is 3. The number of aliphatic hydroxyl groups is 1. The molecule has 0 fully saturated rings. The fraction of sp³-hybridized carbons (Fsp3) is 0.0909. The molecule has 0 saturated carbocycles. The van der Waals surface area contributed by atoms with Crippen molar-refractivity contribution in [2.24, 2.45) is 0 Å². The molecule has 0 saturated heterocycles. The molecule has 2 heterocycles. The normalized spacial score (nSPS) is 11.9. The Morgan fingerprint density at radius 2 is 1.86 bits per heavy atom. The third kappa shape index (κ3) is 3.51. The maximum absolute atomic E-state index is 12.6. The van der Waals surface area contributed by atoms with Gasteiger partial charge in [-0.05, 0) is 31.2 Å². The van der Waals surface area contributed by atoms with Gasteiger partial charge in [0, 0.05) is 11.1 Å². The molecule has 142 valence electrons. The smallest absolute Gasteiger partial charge is 0.339 e. The second-order valence-corrected chi connectivity index (χ2v) is 6.44. The van der Waals surface area contributed by atoms with Crippen molar-refractivity contribution in [3.63, 3.8) is 0 Å². The van der Waals surface area contributed by atoms with Crippen molar-refractivity contribution in [1.82, 2.24) is 15.0 Å². The topological polar surface area (TPSA) is 112 Å². The Balaban J connectivity index is 1.60. The summed E-state index contributed by atoms with van der Waals surface area (Å²) < 4.78 is 5.26. The Bertz CT molecular complexity index is 1280. The van der Waals surface area contributed by atoms with Gasteiger partial charge in [-0.25, -0.2) is 9.78 Å². The van der Waals surface area contributed by atoms with Gasteiger partial charge in [-0.15, -0.1) is 0 Å². The monoisotopic (exact) mass is 384 g/mol. The standard InChI is InChI=1S/C22H16N4O3/c1-13-10-15(14-6-2-3-7-17(14)24-13)22(28)29-12-20(27)16(11-23)21-25-18-8-4-5-9-19(18)26-21/h2-10,27H,12H2,1H3,(H,25,26). The number of aliphatic hydroxyl groups excluding tert-OH is 1. The van der Waals surface area contributed by atoms with Crippen LogP contribution >= 0.6 is 0 Å². The number of H-pyrrole nitrogens is 1. The van der Waals surface area contributed by atoms with Crippen LogP contribution in [-0.4, -0.2) is 32.6 Å². The number of allylic oxidation sites excluding steroid dienone is 1. The number of carbonyl (C=O) groups excluding carboxylic acids is 1. The van der Waals surface area contributed by atoms with E-state index < -0.39 is 12.6 Å². The predicted molar refractivity (Wildman–Crippen MR) is 108 cm³/mol. The van der Waals surface area contributed by atoms with Gasteiger partial charge in [0.15, 0.2) is 11.6 Å². The highest BCUT2D eigenvalue weighted by Gasteiger charge is 2.17. The predicted octanol–water partition coefficient (Wildman–Crippen LogP) is 4.07. The Kier molecular flexibility index (Phi) is 4.67. The molecule has 0 amide bonds. The molecule has 4 aromatic rings. The first-order valence-electron chi connectivity index (χ1n) is 8.87. The molecular formula is C22H16N4O3. The summed E-state index contributed by atoms with van der Waals surface area (Å²) in [7, 11) is 0. The summed E-state index contributed by atoms with van der Waals surface area (Å²) in [4.78, 5) is 24.3. The second kappa shape index (κ2) is 7.44.